The Hall–Kier alpha value is -2.64. The fraction of sp³-hybridized carbons (Fsp3) is 0.200. The summed E-state index contributed by atoms with van der Waals surface area (Å²) in [6.45, 7) is 0.607. The van der Waals surface area contributed by atoms with E-state index in [1.165, 1.54) is 11.8 Å². The third kappa shape index (κ3) is 4.26. The molecule has 8 heteroatoms. The molecule has 6 nitrogen and oxygen atoms in total. The number of fused-ring (bicyclic) bond motifs is 1. The Morgan fingerprint density at radius 1 is 1.11 bits per heavy atom. The first-order valence-corrected chi connectivity index (χ1v) is 9.94. The molecule has 1 aliphatic heterocycles. The predicted octanol–water partition coefficient (Wildman–Crippen LogP) is 4.56. The molecule has 1 atom stereocenters. The highest BCUT2D eigenvalue weighted by molar-refractivity contribution is 8.01. The van der Waals surface area contributed by atoms with Crippen LogP contribution in [0.4, 0.5) is 5.69 Å². The van der Waals surface area contributed by atoms with Gasteiger partial charge in [0.05, 0.1) is 36.6 Å². The number of nitrogens with one attached hydrogen (secondary N) is 1. The van der Waals surface area contributed by atoms with Crippen LogP contribution in [0.25, 0.3) is 0 Å². The number of thioether (sulfide) groups is 1. The van der Waals surface area contributed by atoms with E-state index in [0.717, 1.165) is 4.90 Å². The molecule has 0 bridgehead atoms. The number of hydrogen-bond acceptors (Lipinski definition) is 5. The Kier molecular flexibility index (Phi) is 5.45. The third-order valence-electron chi connectivity index (χ3n) is 4.33. The lowest BCUT2D eigenvalue weighted by molar-refractivity contribution is -0.134. The fourth-order valence-corrected chi connectivity index (χ4v) is 4.21. The molecule has 2 amide bonds. The Balaban J connectivity index is 1.48. The minimum Gasteiger partial charge on any atom is -0.467 e. The van der Waals surface area contributed by atoms with Crippen LogP contribution in [0.3, 0.4) is 0 Å². The molecule has 144 valence electrons. The van der Waals surface area contributed by atoms with Gasteiger partial charge in [-0.25, -0.2) is 0 Å². The van der Waals surface area contributed by atoms with Crippen LogP contribution in [0, 0.1) is 0 Å². The molecule has 1 aromatic carbocycles. The van der Waals surface area contributed by atoms with Gasteiger partial charge in [0.15, 0.2) is 0 Å². The number of nitrogens with zero attached hydrogens (tertiary/aromatic N) is 1. The van der Waals surface area contributed by atoms with Crippen molar-refractivity contribution in [3.05, 3.63) is 71.5 Å². The third-order valence-corrected chi connectivity index (χ3v) is 5.84. The lowest BCUT2D eigenvalue weighted by Gasteiger charge is -2.26. The number of carbonyl (C=O) groups excluding carboxylic acids is 2. The van der Waals surface area contributed by atoms with Crippen molar-refractivity contribution < 1.29 is 18.4 Å². The molecule has 1 unspecified atom stereocenters. The highest BCUT2D eigenvalue weighted by Gasteiger charge is 2.31. The van der Waals surface area contributed by atoms with Crippen molar-refractivity contribution in [1.82, 2.24) is 4.90 Å². The van der Waals surface area contributed by atoms with Crippen molar-refractivity contribution >= 4 is 40.9 Å². The largest absolute Gasteiger partial charge is 0.467 e. The molecule has 1 aliphatic rings. The summed E-state index contributed by atoms with van der Waals surface area (Å²) >= 11 is 7.35. The molecule has 4 rings (SSSR count). The normalized spacial score (nSPS) is 15.8. The van der Waals surface area contributed by atoms with Crippen molar-refractivity contribution in [2.45, 2.75) is 29.7 Å². The Morgan fingerprint density at radius 3 is 2.39 bits per heavy atom. The second-order valence-electron chi connectivity index (χ2n) is 6.35. The van der Waals surface area contributed by atoms with E-state index in [2.05, 4.69) is 5.32 Å². The standard InChI is InChI=1S/C20H17ClN2O4S/c21-13-5-6-17-16(9-13)22-20(25)18(28-17)10-19(24)23(11-14-3-1-7-26-14)12-15-4-2-8-27-15/h1-9,18H,10-12H2,(H,22,25). The average molecular weight is 417 g/mol. The summed E-state index contributed by atoms with van der Waals surface area (Å²) < 4.78 is 10.8. The molecule has 1 N–H and O–H groups in total. The smallest absolute Gasteiger partial charge is 0.238 e. The number of anilines is 1. The molecule has 0 spiro atoms. The molecule has 2 aromatic heterocycles. The summed E-state index contributed by atoms with van der Waals surface area (Å²) in [5.41, 5.74) is 0.675. The minimum atomic E-state index is -0.517. The molecule has 0 radical (unpaired) electrons. The van der Waals surface area contributed by atoms with Crippen molar-refractivity contribution in [2.24, 2.45) is 0 Å². The highest BCUT2D eigenvalue weighted by atomic mass is 35.5. The monoisotopic (exact) mass is 416 g/mol. The maximum Gasteiger partial charge on any atom is 0.238 e. The summed E-state index contributed by atoms with van der Waals surface area (Å²) in [5, 5.41) is 2.87. The Morgan fingerprint density at radius 2 is 1.79 bits per heavy atom. The molecule has 3 aromatic rings. The molecular weight excluding hydrogens is 400 g/mol. The van der Waals surface area contributed by atoms with Crippen LogP contribution < -0.4 is 5.32 Å². The second-order valence-corrected chi connectivity index (χ2v) is 8.03. The van der Waals surface area contributed by atoms with E-state index in [1.54, 1.807) is 41.7 Å². The molecule has 0 aliphatic carbocycles. The van der Waals surface area contributed by atoms with Gasteiger partial charge in [-0.15, -0.1) is 11.8 Å². The van der Waals surface area contributed by atoms with Crippen molar-refractivity contribution in [1.29, 1.82) is 0 Å². The van der Waals surface area contributed by atoms with E-state index < -0.39 is 5.25 Å². The number of rotatable bonds is 6. The first kappa shape index (κ1) is 18.7. The maximum absolute atomic E-state index is 13.0. The quantitative estimate of drug-likeness (QED) is 0.637. The van der Waals surface area contributed by atoms with E-state index >= 15 is 0 Å². The van der Waals surface area contributed by atoms with Gasteiger partial charge in [0.1, 0.15) is 11.5 Å². The zero-order chi connectivity index (χ0) is 19.5. The van der Waals surface area contributed by atoms with Crippen molar-refractivity contribution in [2.75, 3.05) is 5.32 Å². The van der Waals surface area contributed by atoms with Gasteiger partial charge >= 0.3 is 0 Å². The van der Waals surface area contributed by atoms with Gasteiger partial charge in [-0.3, -0.25) is 9.59 Å². The molecule has 0 saturated carbocycles. The van der Waals surface area contributed by atoms with Gasteiger partial charge in [-0.05, 0) is 42.5 Å². The average Bonchev–Trinajstić information content (AvgIpc) is 3.36. The van der Waals surface area contributed by atoms with Crippen LogP contribution in [-0.2, 0) is 22.7 Å². The number of hydrogen-bond donors (Lipinski definition) is 1. The van der Waals surface area contributed by atoms with Gasteiger partial charge in [0.2, 0.25) is 11.8 Å². The Labute approximate surface area is 170 Å². The maximum atomic E-state index is 13.0. The molecule has 3 heterocycles. The van der Waals surface area contributed by atoms with Gasteiger partial charge in [-0.2, -0.15) is 0 Å². The number of carbonyl (C=O) groups is 2. The zero-order valence-electron chi connectivity index (χ0n) is 14.8. The summed E-state index contributed by atoms with van der Waals surface area (Å²) in [7, 11) is 0. The highest BCUT2D eigenvalue weighted by Crippen LogP contribution is 2.38. The van der Waals surface area contributed by atoms with Crippen LogP contribution in [0.15, 0.2) is 68.7 Å². The lowest BCUT2D eigenvalue weighted by atomic mass is 10.2. The van der Waals surface area contributed by atoms with Crippen molar-refractivity contribution in [3.8, 4) is 0 Å². The zero-order valence-corrected chi connectivity index (χ0v) is 16.3. The van der Waals surface area contributed by atoms with Crippen LogP contribution in [-0.4, -0.2) is 22.0 Å². The van der Waals surface area contributed by atoms with Gasteiger partial charge in [0, 0.05) is 16.3 Å². The molecular formula is C20H17ClN2O4S. The number of amides is 2. The van der Waals surface area contributed by atoms with Crippen LogP contribution in [0.2, 0.25) is 5.02 Å². The van der Waals surface area contributed by atoms with Gasteiger partial charge in [-0.1, -0.05) is 11.6 Å². The van der Waals surface area contributed by atoms with Crippen LogP contribution >= 0.6 is 23.4 Å². The topological polar surface area (TPSA) is 75.7 Å². The summed E-state index contributed by atoms with van der Waals surface area (Å²) in [5.74, 6) is 0.975. The summed E-state index contributed by atoms with van der Waals surface area (Å²) in [6, 6.07) is 12.5. The summed E-state index contributed by atoms with van der Waals surface area (Å²) in [6.07, 6.45) is 3.20. The SMILES string of the molecule is O=C1Nc2cc(Cl)ccc2SC1CC(=O)N(Cc1ccco1)Cc1ccco1. The lowest BCUT2D eigenvalue weighted by Crippen LogP contribution is -2.37. The van der Waals surface area contributed by atoms with Crippen molar-refractivity contribution in [3.63, 3.8) is 0 Å². The van der Waals surface area contributed by atoms with E-state index in [1.807, 2.05) is 18.2 Å². The molecule has 0 saturated heterocycles. The van der Waals surface area contributed by atoms with E-state index in [-0.39, 0.29) is 18.2 Å². The first-order chi connectivity index (χ1) is 13.6. The predicted molar refractivity (Wildman–Crippen MR) is 106 cm³/mol. The summed E-state index contributed by atoms with van der Waals surface area (Å²) in [4.78, 5) is 28.0. The van der Waals surface area contributed by atoms with Crippen LogP contribution in [0.5, 0.6) is 0 Å². The minimum absolute atomic E-state index is 0.0694. The van der Waals surface area contributed by atoms with Crippen LogP contribution in [0.1, 0.15) is 17.9 Å². The molecule has 0 fully saturated rings. The van der Waals surface area contributed by atoms with Gasteiger partial charge in [0.25, 0.3) is 0 Å². The fourth-order valence-electron chi connectivity index (χ4n) is 2.96. The van der Waals surface area contributed by atoms with E-state index in [0.29, 0.717) is 35.3 Å². The number of halogens is 1. The van der Waals surface area contributed by atoms with E-state index in [4.69, 9.17) is 20.4 Å². The number of furan rings is 2. The second kappa shape index (κ2) is 8.16. The van der Waals surface area contributed by atoms with Gasteiger partial charge < -0.3 is 19.1 Å². The number of benzene rings is 1. The van der Waals surface area contributed by atoms with E-state index in [9.17, 15) is 9.59 Å². The molecule has 28 heavy (non-hydrogen) atoms. The Bertz CT molecular complexity index is 936. The first-order valence-electron chi connectivity index (χ1n) is 8.68.